The van der Waals surface area contributed by atoms with E-state index in [0.717, 1.165) is 44.2 Å². The molecule has 2 aliphatic heterocycles. The molecule has 6 rings (SSSR count). The number of fused-ring (bicyclic) bond motifs is 4. The number of nitrogens with zero attached hydrogens (tertiary/aromatic N) is 1. The Morgan fingerprint density at radius 2 is 1.25 bits per heavy atom. The minimum absolute atomic E-state index is 0.0617. The molecule has 0 aromatic heterocycles. The van der Waals surface area contributed by atoms with E-state index in [0.29, 0.717) is 63.2 Å². The van der Waals surface area contributed by atoms with Crippen molar-refractivity contribution in [3.63, 3.8) is 0 Å². The van der Waals surface area contributed by atoms with Crippen molar-refractivity contribution in [1.29, 1.82) is 0 Å². The zero-order valence-electron chi connectivity index (χ0n) is 40.0. The van der Waals surface area contributed by atoms with E-state index in [9.17, 15) is 28.0 Å². The summed E-state index contributed by atoms with van der Waals surface area (Å²) < 4.78 is 37.4. The minimum Gasteiger partial charge on any atom is -0.481 e. The van der Waals surface area contributed by atoms with Gasteiger partial charge in [-0.15, -0.1) is 0 Å². The summed E-state index contributed by atoms with van der Waals surface area (Å²) in [5.74, 6) is 0.0162. The van der Waals surface area contributed by atoms with Crippen molar-refractivity contribution in [2.24, 2.45) is 11.8 Å². The van der Waals surface area contributed by atoms with Crippen LogP contribution in [0, 0.1) is 23.5 Å². The summed E-state index contributed by atoms with van der Waals surface area (Å²) in [6.07, 6.45) is 7.17. The molecular weight excluding hydrogens is 819 g/mol. The van der Waals surface area contributed by atoms with E-state index in [1.165, 1.54) is 51.5 Å². The Morgan fingerprint density at radius 1 is 0.750 bits per heavy atom. The fraction of sp³-hybridized carbons (Fsp3) is 0.608. The number of carboxylic acids is 1. The molecular formula is C51H74F2N4O7. The highest BCUT2D eigenvalue weighted by Gasteiger charge is 2.38. The Kier molecular flexibility index (Phi) is 19.0. The largest absolute Gasteiger partial charge is 0.481 e. The standard InChI is InChI=1S/C25H35FN2O3.C16H20FN.C10H19NO4/c1-16(2)23-21-14-17-9-10-18(26)15-20(17)19(21)11-13-28(23)22(29)8-6-7-12-27-24(30)31-25(3,4)5;1-10(2)7-16-15-8-11-3-4-12(17)9-14(11)13(15)5-6-18-16;1-10(2,3)15-9(14)11-7-5-4-6-8(12)13/h9-10,15-16,23H,6-8,11-14H2,1-5H3,(H,27,30);3-4,9-10,16,18H,5-8H2,1-2H3;4-7H2,1-3H3,(H,11,14)(H,12,13). The zero-order chi connectivity index (χ0) is 47.4. The number of halogens is 2. The predicted molar refractivity (Wildman–Crippen MR) is 249 cm³/mol. The van der Waals surface area contributed by atoms with Gasteiger partial charge in [0.2, 0.25) is 5.91 Å². The van der Waals surface area contributed by atoms with Gasteiger partial charge >= 0.3 is 18.2 Å². The zero-order valence-corrected chi connectivity index (χ0v) is 40.0. The highest BCUT2D eigenvalue weighted by atomic mass is 19.1. The van der Waals surface area contributed by atoms with Crippen LogP contribution in [0.4, 0.5) is 18.4 Å². The summed E-state index contributed by atoms with van der Waals surface area (Å²) in [4.78, 5) is 48.0. The van der Waals surface area contributed by atoms with Gasteiger partial charge in [-0.1, -0.05) is 39.8 Å². The van der Waals surface area contributed by atoms with Crippen LogP contribution in [0.25, 0.3) is 11.1 Å². The number of alkyl carbamates (subject to hydrolysis) is 2. The van der Waals surface area contributed by atoms with E-state index in [1.807, 2.05) is 37.8 Å². The Bertz CT molecular complexity index is 2010. The maximum atomic E-state index is 13.8. The number of carbonyl (C=O) groups is 4. The molecule has 11 nitrogen and oxygen atoms in total. The van der Waals surface area contributed by atoms with Gasteiger partial charge in [0.1, 0.15) is 22.8 Å². The van der Waals surface area contributed by atoms with Crippen LogP contribution < -0.4 is 16.0 Å². The average Bonchev–Trinajstić information content (AvgIpc) is 3.74. The third-order valence-electron chi connectivity index (χ3n) is 11.4. The van der Waals surface area contributed by atoms with Crippen LogP contribution in [0.15, 0.2) is 47.5 Å². The van der Waals surface area contributed by atoms with Crippen LogP contribution in [0.2, 0.25) is 0 Å². The summed E-state index contributed by atoms with van der Waals surface area (Å²) in [6, 6.07) is 10.9. The molecule has 2 unspecified atom stereocenters. The number of hydrogen-bond acceptors (Lipinski definition) is 7. The van der Waals surface area contributed by atoms with E-state index in [4.69, 9.17) is 14.6 Å². The first kappa shape index (κ1) is 51.9. The Hall–Kier alpha value is -4.78. The van der Waals surface area contributed by atoms with Crippen molar-refractivity contribution in [2.45, 2.75) is 163 Å². The Morgan fingerprint density at radius 3 is 1.73 bits per heavy atom. The maximum Gasteiger partial charge on any atom is 0.407 e. The van der Waals surface area contributed by atoms with Crippen LogP contribution in [-0.2, 0) is 31.9 Å². The van der Waals surface area contributed by atoms with Crippen molar-refractivity contribution < 1.29 is 42.5 Å². The van der Waals surface area contributed by atoms with Gasteiger partial charge in [-0.3, -0.25) is 9.59 Å². The third kappa shape index (κ3) is 16.0. The molecule has 4 aliphatic rings. The lowest BCUT2D eigenvalue weighted by Gasteiger charge is -2.40. The first-order chi connectivity index (χ1) is 30.0. The molecule has 0 saturated heterocycles. The van der Waals surface area contributed by atoms with Gasteiger partial charge < -0.3 is 35.4 Å². The summed E-state index contributed by atoms with van der Waals surface area (Å²) >= 11 is 0. The lowest BCUT2D eigenvalue weighted by atomic mass is 9.86. The highest BCUT2D eigenvalue weighted by Crippen LogP contribution is 2.43. The second-order valence-corrected chi connectivity index (χ2v) is 20.0. The van der Waals surface area contributed by atoms with E-state index >= 15 is 0 Å². The summed E-state index contributed by atoms with van der Waals surface area (Å²) in [5.41, 5.74) is 9.09. The number of aliphatic carboxylic acids is 1. The van der Waals surface area contributed by atoms with Gasteiger partial charge in [-0.25, -0.2) is 18.4 Å². The molecule has 0 saturated carbocycles. The number of ether oxygens (including phenoxy) is 2. The van der Waals surface area contributed by atoms with Gasteiger partial charge in [0.25, 0.3) is 0 Å². The molecule has 2 aromatic rings. The average molecular weight is 893 g/mol. The van der Waals surface area contributed by atoms with Crippen molar-refractivity contribution in [2.75, 3.05) is 26.2 Å². The second kappa shape index (κ2) is 23.4. The summed E-state index contributed by atoms with van der Waals surface area (Å²) in [6.45, 7) is 22.3. The molecule has 2 aliphatic carbocycles. The van der Waals surface area contributed by atoms with Crippen LogP contribution in [0.1, 0.15) is 149 Å². The van der Waals surface area contributed by atoms with Crippen LogP contribution in [0.5, 0.6) is 0 Å². The lowest BCUT2D eigenvalue weighted by molar-refractivity contribution is -0.137. The predicted octanol–water partition coefficient (Wildman–Crippen LogP) is 10.4. The van der Waals surface area contributed by atoms with E-state index in [2.05, 4.69) is 43.6 Å². The smallest absolute Gasteiger partial charge is 0.407 e. The van der Waals surface area contributed by atoms with Gasteiger partial charge in [-0.05, 0) is 187 Å². The number of benzene rings is 2. The molecule has 0 fully saturated rings. The second-order valence-electron chi connectivity index (χ2n) is 20.0. The van der Waals surface area contributed by atoms with Gasteiger partial charge in [0, 0.05) is 38.5 Å². The van der Waals surface area contributed by atoms with Crippen molar-refractivity contribution in [3.8, 4) is 0 Å². The van der Waals surface area contributed by atoms with Crippen LogP contribution >= 0.6 is 0 Å². The minimum atomic E-state index is -0.813. The topological polar surface area (TPSA) is 146 Å². The fourth-order valence-electron chi connectivity index (χ4n) is 8.89. The SMILES string of the molecule is CC(C)(C)OC(=O)NCCCCC(=O)O.CC(C)C1C2=C(CCN1C(=O)CCCCNC(=O)OC(C)(C)C)c1cc(F)ccc1C2.CC(C)CC1NCCC2=C1Cc1ccc(F)cc12. The number of rotatable bonds is 13. The van der Waals surface area contributed by atoms with Crippen LogP contribution in [0.3, 0.4) is 0 Å². The van der Waals surface area contributed by atoms with E-state index in [1.54, 1.807) is 39.0 Å². The van der Waals surface area contributed by atoms with Crippen molar-refractivity contribution in [3.05, 3.63) is 81.4 Å². The van der Waals surface area contributed by atoms with E-state index in [-0.39, 0.29) is 30.0 Å². The number of carbonyl (C=O) groups excluding carboxylic acids is 3. The molecule has 2 heterocycles. The summed E-state index contributed by atoms with van der Waals surface area (Å²) in [7, 11) is 0. The van der Waals surface area contributed by atoms with E-state index < -0.39 is 29.4 Å². The number of unbranched alkanes of at least 4 members (excludes halogenated alkanes) is 2. The molecule has 0 bridgehead atoms. The monoisotopic (exact) mass is 893 g/mol. The Labute approximate surface area is 380 Å². The molecule has 0 spiro atoms. The first-order valence-electron chi connectivity index (χ1n) is 23.2. The summed E-state index contributed by atoms with van der Waals surface area (Å²) in [5, 5.41) is 17.3. The third-order valence-corrected chi connectivity index (χ3v) is 11.4. The fourth-order valence-corrected chi connectivity index (χ4v) is 8.89. The number of nitrogens with one attached hydrogen (secondary N) is 3. The van der Waals surface area contributed by atoms with Gasteiger partial charge in [0.05, 0.1) is 6.04 Å². The normalized spacial score (nSPS) is 17.6. The molecule has 354 valence electrons. The lowest BCUT2D eigenvalue weighted by Crippen LogP contribution is -2.47. The number of hydrogen-bond donors (Lipinski definition) is 4. The van der Waals surface area contributed by atoms with Crippen molar-refractivity contribution >= 4 is 35.2 Å². The molecule has 2 atom stereocenters. The van der Waals surface area contributed by atoms with Gasteiger partial charge in [-0.2, -0.15) is 0 Å². The molecule has 13 heteroatoms. The quantitative estimate of drug-likeness (QED) is 0.145. The number of amides is 3. The molecule has 0 radical (unpaired) electrons. The molecule has 4 N–H and O–H groups in total. The van der Waals surface area contributed by atoms with Crippen molar-refractivity contribution in [1.82, 2.24) is 20.9 Å². The number of carboxylic acid groups (broad SMARTS) is 1. The highest BCUT2D eigenvalue weighted by molar-refractivity contribution is 5.83. The van der Waals surface area contributed by atoms with Crippen LogP contribution in [-0.4, -0.2) is 83.5 Å². The molecule has 3 amide bonds. The maximum absolute atomic E-state index is 13.8. The van der Waals surface area contributed by atoms with Gasteiger partial charge in [0.15, 0.2) is 0 Å². The molecule has 2 aromatic carbocycles. The first-order valence-corrected chi connectivity index (χ1v) is 23.2. The molecule has 64 heavy (non-hydrogen) atoms. The Balaban J connectivity index is 0.000000231.